The Balaban J connectivity index is 2.79. The van der Waals surface area contributed by atoms with Gasteiger partial charge in [-0.1, -0.05) is 0 Å². The molecule has 6 heteroatoms. The molecule has 0 radical (unpaired) electrons. The average molecular weight is 209 g/mol. The first-order valence-corrected chi connectivity index (χ1v) is 4.50. The third kappa shape index (κ3) is 0.967. The van der Waals surface area contributed by atoms with Crippen molar-refractivity contribution < 1.29 is 17.6 Å². The quantitative estimate of drug-likeness (QED) is 0.472. The van der Waals surface area contributed by atoms with Gasteiger partial charge in [0.2, 0.25) is 0 Å². The maximum absolute atomic E-state index is 12.4. The summed E-state index contributed by atoms with van der Waals surface area (Å²) < 4.78 is 49.3. The van der Waals surface area contributed by atoms with Gasteiger partial charge in [0.1, 0.15) is 5.38 Å². The molecule has 0 aliphatic heterocycles. The molecule has 0 aromatic rings. The Morgan fingerprint density at radius 3 is 1.82 bits per heavy atom. The van der Waals surface area contributed by atoms with E-state index in [0.717, 1.165) is 0 Å². The molecule has 1 aliphatic rings. The number of hydrogen-bond donors (Lipinski definition) is 0. The summed E-state index contributed by atoms with van der Waals surface area (Å²) in [7, 11) is 0. The van der Waals surface area contributed by atoms with E-state index < -0.39 is 22.5 Å². The molecule has 0 spiro atoms. The maximum atomic E-state index is 12.4. The summed E-state index contributed by atoms with van der Waals surface area (Å²) in [5.41, 5.74) is 0. The summed E-state index contributed by atoms with van der Waals surface area (Å²) in [6, 6.07) is 0. The van der Waals surface area contributed by atoms with Gasteiger partial charge in [-0.05, 0) is 6.26 Å². The zero-order valence-corrected chi connectivity index (χ0v) is 7.03. The minimum absolute atomic E-state index is 0.667. The topological polar surface area (TPSA) is 0 Å². The van der Waals surface area contributed by atoms with Gasteiger partial charge >= 0.3 is 11.8 Å². The SMILES string of the molecule is CSC1C(Cl)C(F)(F)C1(F)F. The van der Waals surface area contributed by atoms with Crippen molar-refractivity contribution in [1.82, 2.24) is 0 Å². The van der Waals surface area contributed by atoms with Crippen LogP contribution in [0, 0.1) is 0 Å². The summed E-state index contributed by atoms with van der Waals surface area (Å²) in [6.45, 7) is 0. The lowest BCUT2D eigenvalue weighted by Crippen LogP contribution is -2.70. The van der Waals surface area contributed by atoms with Crippen molar-refractivity contribution in [3.8, 4) is 0 Å². The van der Waals surface area contributed by atoms with Crippen LogP contribution in [0.15, 0.2) is 0 Å². The van der Waals surface area contributed by atoms with Crippen molar-refractivity contribution >= 4 is 23.4 Å². The highest BCUT2D eigenvalue weighted by molar-refractivity contribution is 7.99. The number of rotatable bonds is 1. The predicted molar refractivity (Wildman–Crippen MR) is 36.8 cm³/mol. The Morgan fingerprint density at radius 1 is 1.18 bits per heavy atom. The van der Waals surface area contributed by atoms with Gasteiger partial charge < -0.3 is 0 Å². The number of halogens is 5. The Kier molecular flexibility index (Phi) is 2.08. The fraction of sp³-hybridized carbons (Fsp3) is 1.00. The molecule has 1 rings (SSSR count). The zero-order chi connectivity index (χ0) is 8.86. The van der Waals surface area contributed by atoms with Gasteiger partial charge in [-0.2, -0.15) is 29.3 Å². The monoisotopic (exact) mass is 208 g/mol. The number of hydrogen-bond acceptors (Lipinski definition) is 1. The predicted octanol–water partition coefficient (Wildman–Crippen LogP) is 2.61. The molecule has 0 aromatic carbocycles. The zero-order valence-electron chi connectivity index (χ0n) is 5.45. The molecule has 0 N–H and O–H groups in total. The van der Waals surface area contributed by atoms with Gasteiger partial charge in [-0.15, -0.1) is 11.6 Å². The van der Waals surface area contributed by atoms with E-state index in [1.165, 1.54) is 6.26 Å². The van der Waals surface area contributed by atoms with E-state index in [4.69, 9.17) is 11.6 Å². The molecule has 0 heterocycles. The number of thioether (sulfide) groups is 1. The van der Waals surface area contributed by atoms with E-state index in [1.807, 2.05) is 0 Å². The van der Waals surface area contributed by atoms with Crippen LogP contribution in [0.5, 0.6) is 0 Å². The summed E-state index contributed by atoms with van der Waals surface area (Å²) >= 11 is 5.71. The van der Waals surface area contributed by atoms with Crippen molar-refractivity contribution in [1.29, 1.82) is 0 Å². The molecule has 0 aromatic heterocycles. The van der Waals surface area contributed by atoms with Crippen LogP contribution in [-0.4, -0.2) is 28.7 Å². The second kappa shape index (κ2) is 2.42. The highest BCUT2D eigenvalue weighted by Gasteiger charge is 2.78. The minimum atomic E-state index is -4.04. The molecule has 11 heavy (non-hydrogen) atoms. The van der Waals surface area contributed by atoms with Crippen LogP contribution in [0.3, 0.4) is 0 Å². The van der Waals surface area contributed by atoms with Crippen molar-refractivity contribution in [2.24, 2.45) is 0 Å². The summed E-state index contributed by atoms with van der Waals surface area (Å²) in [5, 5.41) is -3.20. The second-order valence-electron chi connectivity index (χ2n) is 2.30. The first-order valence-electron chi connectivity index (χ1n) is 2.78. The van der Waals surface area contributed by atoms with E-state index >= 15 is 0 Å². The van der Waals surface area contributed by atoms with E-state index in [0.29, 0.717) is 11.8 Å². The molecule has 0 bridgehead atoms. The second-order valence-corrected chi connectivity index (χ2v) is 3.75. The van der Waals surface area contributed by atoms with Gasteiger partial charge in [-0.3, -0.25) is 0 Å². The van der Waals surface area contributed by atoms with Crippen LogP contribution in [0.25, 0.3) is 0 Å². The van der Waals surface area contributed by atoms with Gasteiger partial charge in [0.15, 0.2) is 0 Å². The molecule has 2 unspecified atom stereocenters. The average Bonchev–Trinajstić information content (AvgIpc) is 1.88. The third-order valence-corrected chi connectivity index (χ3v) is 3.42. The Morgan fingerprint density at radius 2 is 1.64 bits per heavy atom. The van der Waals surface area contributed by atoms with E-state index in [2.05, 4.69) is 0 Å². The van der Waals surface area contributed by atoms with Crippen LogP contribution in [0.2, 0.25) is 0 Å². The van der Waals surface area contributed by atoms with E-state index in [-0.39, 0.29) is 0 Å². The molecule has 1 saturated carbocycles. The fourth-order valence-electron chi connectivity index (χ4n) is 0.919. The molecule has 1 aliphatic carbocycles. The molecule has 0 nitrogen and oxygen atoms in total. The first kappa shape index (κ1) is 9.45. The summed E-state index contributed by atoms with van der Waals surface area (Å²) in [5.74, 6) is -7.99. The van der Waals surface area contributed by atoms with Crippen molar-refractivity contribution in [3.05, 3.63) is 0 Å². The van der Waals surface area contributed by atoms with Crippen LogP contribution >= 0.6 is 23.4 Å². The molecule has 1 fully saturated rings. The minimum Gasteiger partial charge on any atom is -0.198 e. The molecule has 0 saturated heterocycles. The normalized spacial score (nSPS) is 39.8. The summed E-state index contributed by atoms with van der Waals surface area (Å²) in [6.07, 6.45) is 1.34. The van der Waals surface area contributed by atoms with E-state index in [1.54, 1.807) is 0 Å². The van der Waals surface area contributed by atoms with Crippen molar-refractivity contribution in [2.45, 2.75) is 22.5 Å². The van der Waals surface area contributed by atoms with Crippen molar-refractivity contribution in [2.75, 3.05) is 6.26 Å². The summed E-state index contributed by atoms with van der Waals surface area (Å²) in [4.78, 5) is 0. The molecular weight excluding hydrogens is 204 g/mol. The van der Waals surface area contributed by atoms with Crippen LogP contribution in [-0.2, 0) is 0 Å². The van der Waals surface area contributed by atoms with Crippen LogP contribution in [0.1, 0.15) is 0 Å². The lowest BCUT2D eigenvalue weighted by Gasteiger charge is -2.46. The van der Waals surface area contributed by atoms with Crippen LogP contribution in [0.4, 0.5) is 17.6 Å². The van der Waals surface area contributed by atoms with Gasteiger partial charge in [0.05, 0.1) is 5.25 Å². The van der Waals surface area contributed by atoms with Crippen molar-refractivity contribution in [3.63, 3.8) is 0 Å². The molecule has 2 atom stereocenters. The maximum Gasteiger partial charge on any atom is 0.328 e. The first-order chi connectivity index (χ1) is 4.85. The standard InChI is InChI=1S/C5H5ClF4S/c1-11-3-2(6)4(7,8)5(3,9)10/h2-3H,1H3. The van der Waals surface area contributed by atoms with Gasteiger partial charge in [-0.25, -0.2) is 0 Å². The highest BCUT2D eigenvalue weighted by Crippen LogP contribution is 2.57. The lowest BCUT2D eigenvalue weighted by atomic mass is 9.88. The van der Waals surface area contributed by atoms with E-state index in [9.17, 15) is 17.6 Å². The van der Waals surface area contributed by atoms with Crippen LogP contribution < -0.4 is 0 Å². The fourth-order valence-corrected chi connectivity index (χ4v) is 2.39. The molecular formula is C5H5ClF4S. The smallest absolute Gasteiger partial charge is 0.198 e. The largest absolute Gasteiger partial charge is 0.328 e. The lowest BCUT2D eigenvalue weighted by molar-refractivity contribution is -0.265. The number of alkyl halides is 5. The Bertz CT molecular complexity index is 172. The van der Waals surface area contributed by atoms with Gasteiger partial charge in [0, 0.05) is 0 Å². The molecule has 66 valence electrons. The molecule has 0 amide bonds. The van der Waals surface area contributed by atoms with Gasteiger partial charge in [0.25, 0.3) is 0 Å². The highest BCUT2D eigenvalue weighted by atomic mass is 35.5. The Hall–Kier alpha value is 0.360. The Labute approximate surface area is 70.3 Å². The third-order valence-electron chi connectivity index (χ3n) is 1.67.